The van der Waals surface area contributed by atoms with Crippen LogP contribution in [-0.4, -0.2) is 36.0 Å². The van der Waals surface area contributed by atoms with Gasteiger partial charge in [-0.1, -0.05) is 61.4 Å². The number of nitroso groups, excluding NO2 is 1. The Labute approximate surface area is 238 Å². The maximum Gasteiger partial charge on any atom is 0.308 e. The SMILES string of the molecule is COc1ccc2c(c1OCc1ccc(C#N)cc1)CC(C(=O)N=O)N(C(=O)[C@@H](OC1CCCC1)c1ccccc1)C2. The highest BCUT2D eigenvalue weighted by molar-refractivity contribution is 5.91. The van der Waals surface area contributed by atoms with Gasteiger partial charge in [0.25, 0.3) is 5.91 Å². The lowest BCUT2D eigenvalue weighted by molar-refractivity contribution is -0.154. The highest BCUT2D eigenvalue weighted by Gasteiger charge is 2.41. The topological polar surface area (TPSA) is 118 Å². The van der Waals surface area contributed by atoms with E-state index in [-0.39, 0.29) is 31.6 Å². The largest absolute Gasteiger partial charge is 0.493 e. The number of hydrogen-bond donors (Lipinski definition) is 0. The minimum atomic E-state index is -1.12. The van der Waals surface area contributed by atoms with Crippen molar-refractivity contribution in [2.24, 2.45) is 5.18 Å². The second-order valence-corrected chi connectivity index (χ2v) is 10.3. The van der Waals surface area contributed by atoms with Crippen molar-refractivity contribution in [2.45, 2.75) is 63.5 Å². The van der Waals surface area contributed by atoms with Crippen molar-refractivity contribution in [3.05, 3.63) is 99.5 Å². The Hall–Kier alpha value is -4.55. The normalized spacial score (nSPS) is 17.3. The Kier molecular flexibility index (Phi) is 8.70. The second kappa shape index (κ2) is 12.7. The highest BCUT2D eigenvalue weighted by atomic mass is 16.5. The average Bonchev–Trinajstić information content (AvgIpc) is 3.55. The summed E-state index contributed by atoms with van der Waals surface area (Å²) in [5.74, 6) is -0.412. The van der Waals surface area contributed by atoms with Gasteiger partial charge in [-0.05, 0) is 47.7 Å². The zero-order chi connectivity index (χ0) is 28.8. The molecule has 0 bridgehead atoms. The van der Waals surface area contributed by atoms with Crippen LogP contribution < -0.4 is 9.47 Å². The van der Waals surface area contributed by atoms with Crippen molar-refractivity contribution in [2.75, 3.05) is 7.11 Å². The molecule has 1 aliphatic heterocycles. The van der Waals surface area contributed by atoms with E-state index in [4.69, 9.17) is 19.5 Å². The maximum absolute atomic E-state index is 14.1. The lowest BCUT2D eigenvalue weighted by Crippen LogP contribution is -2.50. The van der Waals surface area contributed by atoms with Crippen molar-refractivity contribution in [3.8, 4) is 17.6 Å². The number of rotatable bonds is 9. The van der Waals surface area contributed by atoms with Gasteiger partial charge in [-0.2, -0.15) is 5.26 Å². The molecule has 1 saturated carbocycles. The summed E-state index contributed by atoms with van der Waals surface area (Å²) in [4.78, 5) is 40.0. The molecule has 0 aromatic heterocycles. The molecule has 0 N–H and O–H groups in total. The quantitative estimate of drug-likeness (QED) is 0.326. The van der Waals surface area contributed by atoms with E-state index in [1.54, 1.807) is 30.3 Å². The van der Waals surface area contributed by atoms with Crippen LogP contribution in [0.4, 0.5) is 0 Å². The molecule has 0 saturated heterocycles. The van der Waals surface area contributed by atoms with Crippen LogP contribution in [0.15, 0.2) is 71.9 Å². The molecule has 0 spiro atoms. The molecule has 2 aliphatic rings. The van der Waals surface area contributed by atoms with E-state index in [0.29, 0.717) is 28.2 Å². The van der Waals surface area contributed by atoms with E-state index in [1.807, 2.05) is 36.4 Å². The van der Waals surface area contributed by atoms with Gasteiger partial charge in [0, 0.05) is 23.7 Å². The van der Waals surface area contributed by atoms with Crippen molar-refractivity contribution in [3.63, 3.8) is 0 Å². The first-order valence-electron chi connectivity index (χ1n) is 13.7. The third-order valence-corrected chi connectivity index (χ3v) is 7.74. The number of fused-ring (bicyclic) bond motifs is 1. The Morgan fingerprint density at radius 2 is 1.78 bits per heavy atom. The summed E-state index contributed by atoms with van der Waals surface area (Å²) in [7, 11) is 1.52. The summed E-state index contributed by atoms with van der Waals surface area (Å²) in [6.45, 7) is 0.270. The fourth-order valence-electron chi connectivity index (χ4n) is 5.55. The van der Waals surface area contributed by atoms with Crippen LogP contribution in [0.1, 0.15) is 59.6 Å². The predicted octanol–water partition coefficient (Wildman–Crippen LogP) is 5.39. The van der Waals surface area contributed by atoms with Crippen LogP contribution in [-0.2, 0) is 33.9 Å². The number of carbonyl (C=O) groups excluding carboxylic acids is 2. The van der Waals surface area contributed by atoms with Crippen LogP contribution in [0.2, 0.25) is 0 Å². The van der Waals surface area contributed by atoms with Gasteiger partial charge in [0.2, 0.25) is 0 Å². The standard InChI is InChI=1S/C32H31N3O6/c1-39-28-16-15-24-19-35(32(37)29(23-7-3-2-4-8-23)41-25-9-5-6-10-25)27(31(36)34-38)17-26(24)30(28)40-20-22-13-11-21(18-33)12-14-22/h2-4,7-8,11-16,25,27,29H,5-6,9-10,17,19-20H2,1H3/t27?,29-/m0/s1. The summed E-state index contributed by atoms with van der Waals surface area (Å²) in [6, 6.07) is 20.8. The number of ether oxygens (including phenoxy) is 3. The van der Waals surface area contributed by atoms with Gasteiger partial charge in [-0.3, -0.25) is 9.59 Å². The number of nitrogens with zero attached hydrogens (tertiary/aromatic N) is 3. The average molecular weight is 554 g/mol. The monoisotopic (exact) mass is 553 g/mol. The van der Waals surface area contributed by atoms with Gasteiger partial charge < -0.3 is 19.1 Å². The third kappa shape index (κ3) is 6.13. The molecule has 41 heavy (non-hydrogen) atoms. The van der Waals surface area contributed by atoms with E-state index >= 15 is 0 Å². The van der Waals surface area contributed by atoms with Crippen LogP contribution in [0, 0.1) is 16.2 Å². The van der Waals surface area contributed by atoms with Crippen molar-refractivity contribution in [1.29, 1.82) is 5.26 Å². The molecule has 0 radical (unpaired) electrons. The molecule has 1 heterocycles. The Bertz CT molecular complexity index is 1440. The van der Waals surface area contributed by atoms with E-state index in [0.717, 1.165) is 36.8 Å². The number of hydrogen-bond acceptors (Lipinski definition) is 7. The molecule has 1 unspecified atom stereocenters. The van der Waals surface area contributed by atoms with Gasteiger partial charge >= 0.3 is 5.91 Å². The van der Waals surface area contributed by atoms with Crippen LogP contribution in [0.5, 0.6) is 11.5 Å². The Balaban J connectivity index is 1.47. The number of amides is 2. The summed E-state index contributed by atoms with van der Waals surface area (Å²) in [5, 5.41) is 11.8. The molecular formula is C32H31N3O6. The van der Waals surface area contributed by atoms with E-state index in [2.05, 4.69) is 11.2 Å². The number of carbonyl (C=O) groups is 2. The maximum atomic E-state index is 14.1. The first-order valence-corrected chi connectivity index (χ1v) is 13.7. The molecule has 210 valence electrons. The van der Waals surface area contributed by atoms with Crippen LogP contribution in [0.25, 0.3) is 0 Å². The molecule has 2 atom stereocenters. The molecule has 2 amide bonds. The van der Waals surface area contributed by atoms with Gasteiger partial charge in [0.1, 0.15) is 12.6 Å². The van der Waals surface area contributed by atoms with Crippen molar-refractivity contribution < 1.29 is 23.8 Å². The Morgan fingerprint density at radius 1 is 1.05 bits per heavy atom. The zero-order valence-corrected chi connectivity index (χ0v) is 22.8. The minimum absolute atomic E-state index is 0.0382. The van der Waals surface area contributed by atoms with Gasteiger partial charge in [-0.15, -0.1) is 4.91 Å². The number of benzene rings is 3. The van der Waals surface area contributed by atoms with Crippen LogP contribution >= 0.6 is 0 Å². The highest BCUT2D eigenvalue weighted by Crippen LogP contribution is 2.40. The third-order valence-electron chi connectivity index (χ3n) is 7.74. The fourth-order valence-corrected chi connectivity index (χ4v) is 5.55. The van der Waals surface area contributed by atoms with Crippen molar-refractivity contribution >= 4 is 11.8 Å². The zero-order valence-electron chi connectivity index (χ0n) is 22.8. The summed E-state index contributed by atoms with van der Waals surface area (Å²) in [6.07, 6.45) is 2.91. The smallest absolute Gasteiger partial charge is 0.308 e. The molecule has 1 aliphatic carbocycles. The lowest BCUT2D eigenvalue weighted by Gasteiger charge is -2.38. The fraction of sp³-hybridized carbons (Fsp3) is 0.344. The van der Waals surface area contributed by atoms with Crippen LogP contribution in [0.3, 0.4) is 0 Å². The first-order chi connectivity index (χ1) is 20.0. The van der Waals surface area contributed by atoms with Gasteiger partial charge in [0.05, 0.1) is 24.8 Å². The van der Waals surface area contributed by atoms with E-state index in [9.17, 15) is 14.5 Å². The minimum Gasteiger partial charge on any atom is -0.493 e. The summed E-state index contributed by atoms with van der Waals surface area (Å²) < 4.78 is 18.1. The summed E-state index contributed by atoms with van der Waals surface area (Å²) >= 11 is 0. The van der Waals surface area contributed by atoms with E-state index < -0.39 is 18.1 Å². The summed E-state index contributed by atoms with van der Waals surface area (Å²) in [5.41, 5.74) is 3.53. The lowest BCUT2D eigenvalue weighted by atomic mass is 9.91. The molecule has 9 heteroatoms. The van der Waals surface area contributed by atoms with Gasteiger partial charge in [0.15, 0.2) is 17.6 Å². The molecule has 5 rings (SSSR count). The predicted molar refractivity (Wildman–Crippen MR) is 150 cm³/mol. The number of methoxy groups -OCH3 is 1. The van der Waals surface area contributed by atoms with Crippen molar-refractivity contribution in [1.82, 2.24) is 4.90 Å². The van der Waals surface area contributed by atoms with Gasteiger partial charge in [-0.25, -0.2) is 0 Å². The number of nitriles is 1. The molecule has 3 aromatic carbocycles. The molecular weight excluding hydrogens is 522 g/mol. The molecule has 9 nitrogen and oxygen atoms in total. The molecule has 3 aromatic rings. The first kappa shape index (κ1) is 28.0. The molecule has 1 fully saturated rings. The Morgan fingerprint density at radius 3 is 2.44 bits per heavy atom. The van der Waals surface area contributed by atoms with E-state index in [1.165, 1.54) is 12.0 Å². The second-order valence-electron chi connectivity index (χ2n) is 10.3.